The van der Waals surface area contributed by atoms with E-state index >= 15 is 0 Å². The fraction of sp³-hybridized carbons (Fsp3) is 0.900. The zero-order valence-corrected chi connectivity index (χ0v) is 53.4. The summed E-state index contributed by atoms with van der Waals surface area (Å²) in [7, 11) is 22.5. The van der Waals surface area contributed by atoms with Crippen molar-refractivity contribution < 1.29 is 134 Å². The van der Waals surface area contributed by atoms with Crippen LogP contribution in [0, 0.1) is 154 Å². The molecule has 1 atom stereocenters. The average Bonchev–Trinajstić information content (AvgIpc) is 2.77. The predicted octanol–water partition coefficient (Wildman–Crippen LogP) is 12.4. The van der Waals surface area contributed by atoms with Gasteiger partial charge in [-0.2, -0.15) is 74.7 Å². The van der Waals surface area contributed by atoms with Crippen molar-refractivity contribution in [3.05, 3.63) is 23.7 Å². The molecule has 10 heteroatoms. The molecule has 2 rings (SSSR count). The molecule has 1 heterocycles. The molecule has 1 saturated carbocycles. The summed E-state index contributed by atoms with van der Waals surface area (Å²) in [5.74, 6) is 6.84. The summed E-state index contributed by atoms with van der Waals surface area (Å²) in [6.45, 7) is 39.7. The molecule has 0 aromatic rings. The molecule has 0 bridgehead atoms. The third kappa shape index (κ3) is 77.0. The Morgan fingerprint density at radius 1 is 0.560 bits per heavy atom. The zero-order valence-electron chi connectivity index (χ0n) is 36.8. The van der Waals surface area contributed by atoms with E-state index in [4.69, 9.17) is 40.9 Å². The van der Waals surface area contributed by atoms with Crippen LogP contribution in [0.1, 0.15) is 182 Å². The quantitative estimate of drug-likeness (QED) is 0.143. The van der Waals surface area contributed by atoms with Gasteiger partial charge in [0.25, 0.3) is 0 Å². The van der Waals surface area contributed by atoms with Crippen molar-refractivity contribution >= 4 is 31.4 Å². The SMILES string of the molecule is C[C-](C)CC1CCC1.C[C-](C)CC1CCO1.[B]C(C)(C)CC.[B]C(C)(C)CC.[B]C(C)(C)COC[C-](C)C.[B]C(C)(C)C[C-](C)C.[U].[U].[U].[U]. The zero-order chi connectivity index (χ0) is 37.4. The van der Waals surface area contributed by atoms with Gasteiger partial charge in [0.1, 0.15) is 0 Å². The summed E-state index contributed by atoms with van der Waals surface area (Å²) in [4.78, 5) is 0. The Morgan fingerprint density at radius 3 is 1.02 bits per heavy atom. The molecule has 0 N–H and O–H groups in total. The Morgan fingerprint density at radius 2 is 0.920 bits per heavy atom. The van der Waals surface area contributed by atoms with Gasteiger partial charge in [-0.3, -0.25) is 5.92 Å². The van der Waals surface area contributed by atoms with Crippen molar-refractivity contribution in [2.75, 3.05) is 19.8 Å². The molecule has 1 aliphatic heterocycles. The van der Waals surface area contributed by atoms with Crippen LogP contribution >= 0.6 is 0 Å². The first-order valence-corrected chi connectivity index (χ1v) is 18.0. The van der Waals surface area contributed by atoms with E-state index in [2.05, 4.69) is 55.4 Å². The average molecular weight is 1590 g/mol. The van der Waals surface area contributed by atoms with Crippen LogP contribution in [0.3, 0.4) is 0 Å². The minimum atomic E-state index is -0.199. The van der Waals surface area contributed by atoms with Gasteiger partial charge >= 0.3 is 0 Å². The minimum Gasteiger partial charge on any atom is -0.413 e. The van der Waals surface area contributed by atoms with E-state index in [0.717, 1.165) is 38.4 Å². The fourth-order valence-electron chi connectivity index (χ4n) is 3.60. The van der Waals surface area contributed by atoms with E-state index in [1.54, 1.807) is 5.92 Å². The van der Waals surface area contributed by atoms with E-state index in [9.17, 15) is 0 Å². The second-order valence-electron chi connectivity index (χ2n) is 17.6. The molecule has 0 aromatic carbocycles. The third-order valence-electron chi connectivity index (χ3n) is 6.85. The standard InChI is InChI=1S/C8H16BO.C8H15.C7H14B.C7H13O.2C5H11B.4U/c1-7(2)5-10-6-8(3,4)9;1-7(2)6-8-4-3-5-8;1-6(2)5-7(3,4)8;1-6(2)5-7-3-4-8-7;2*1-4-5(2,3)6;;;;/h5-6H2,1-4H3;8H,3-6H2,1-2H3;5H2,1-4H3;7H,3-5H2,1-2H3;2*4H2,1-3H3;;;;/q4*-1;;;;;;. The Balaban J connectivity index is -0.0000000700. The molecule has 1 unspecified atom stereocenters. The number of rotatable bonds is 12. The maximum Gasteiger partial charge on any atom is 0.0770 e. The summed E-state index contributed by atoms with van der Waals surface area (Å²) in [5, 5.41) is -0.131. The Hall–Kier alpha value is 4.39. The summed E-state index contributed by atoms with van der Waals surface area (Å²) >= 11 is 0. The van der Waals surface area contributed by atoms with Crippen LogP contribution in [-0.2, 0) is 9.47 Å². The number of ether oxygens (including phenoxy) is 2. The first-order chi connectivity index (χ1) is 20.5. The van der Waals surface area contributed by atoms with E-state index in [0.29, 0.717) is 12.7 Å². The predicted molar refractivity (Wildman–Crippen MR) is 214 cm³/mol. The van der Waals surface area contributed by atoms with Crippen molar-refractivity contribution in [2.45, 2.75) is 210 Å². The van der Waals surface area contributed by atoms with Crippen LogP contribution in [-0.4, -0.2) is 57.3 Å². The maximum atomic E-state index is 5.72. The van der Waals surface area contributed by atoms with Crippen molar-refractivity contribution in [1.29, 1.82) is 0 Å². The molecular weight excluding hydrogens is 1510 g/mol. The fourth-order valence-corrected chi connectivity index (χ4v) is 3.60. The molecule has 2 nitrogen and oxygen atoms in total. The topological polar surface area (TPSA) is 18.5 Å². The molecule has 1 aliphatic carbocycles. The number of hydrogen-bond donors (Lipinski definition) is 0. The van der Waals surface area contributed by atoms with Gasteiger partial charge in [0.05, 0.1) is 31.4 Å². The minimum absolute atomic E-state index is 0. The maximum absolute atomic E-state index is 5.72. The molecule has 2 fully saturated rings. The van der Waals surface area contributed by atoms with Crippen LogP contribution in [0.25, 0.3) is 0 Å². The second-order valence-corrected chi connectivity index (χ2v) is 17.6. The van der Waals surface area contributed by atoms with Gasteiger partial charge in [-0.1, -0.05) is 130 Å². The first-order valence-electron chi connectivity index (χ1n) is 18.0. The normalized spacial score (nSPS) is 15.3. The van der Waals surface area contributed by atoms with Crippen molar-refractivity contribution in [1.82, 2.24) is 0 Å². The van der Waals surface area contributed by atoms with Gasteiger partial charge in [0.2, 0.25) is 0 Å². The third-order valence-corrected chi connectivity index (χ3v) is 6.85. The molecule has 8 radical (unpaired) electrons. The molecule has 1 saturated heterocycles. The van der Waals surface area contributed by atoms with Crippen molar-refractivity contribution in [3.63, 3.8) is 0 Å². The molecule has 2 aliphatic rings. The first kappa shape index (κ1) is 72.0. The molecular formula is C40H80B4O2U4-4. The van der Waals surface area contributed by atoms with Crippen LogP contribution in [0.4, 0.5) is 0 Å². The number of hydrogen-bond acceptors (Lipinski definition) is 2. The molecule has 50 heavy (non-hydrogen) atoms. The molecule has 284 valence electrons. The van der Waals surface area contributed by atoms with Crippen LogP contribution in [0.2, 0.25) is 21.3 Å². The summed E-state index contributed by atoms with van der Waals surface area (Å²) in [6, 6.07) is 0. The van der Waals surface area contributed by atoms with Crippen LogP contribution < -0.4 is 0 Å². The molecule has 0 aromatic heterocycles. The molecule has 0 amide bonds. The van der Waals surface area contributed by atoms with Crippen LogP contribution in [0.5, 0.6) is 0 Å². The summed E-state index contributed by atoms with van der Waals surface area (Å²) < 4.78 is 10.5. The van der Waals surface area contributed by atoms with Crippen molar-refractivity contribution in [2.24, 2.45) is 5.92 Å². The second kappa shape index (κ2) is 40.2. The Kier molecular flexibility index (Phi) is 57.9. The largest absolute Gasteiger partial charge is 0.413 e. The van der Waals surface area contributed by atoms with Gasteiger partial charge in [0, 0.05) is 144 Å². The van der Waals surface area contributed by atoms with E-state index < -0.39 is 0 Å². The Labute approximate surface area is 418 Å². The van der Waals surface area contributed by atoms with Gasteiger partial charge < -0.3 is 27.2 Å². The van der Waals surface area contributed by atoms with Crippen LogP contribution in [0.15, 0.2) is 0 Å². The summed E-state index contributed by atoms with van der Waals surface area (Å²) in [5.41, 5.74) is 0. The van der Waals surface area contributed by atoms with Gasteiger partial charge in [0.15, 0.2) is 0 Å². The van der Waals surface area contributed by atoms with E-state index in [1.807, 2.05) is 69.2 Å². The van der Waals surface area contributed by atoms with E-state index in [-0.39, 0.29) is 146 Å². The van der Waals surface area contributed by atoms with Gasteiger partial charge in [-0.05, 0) is 11.7 Å². The molecule has 0 spiro atoms. The van der Waals surface area contributed by atoms with Gasteiger partial charge in [-0.15, -0.1) is 0 Å². The Bertz CT molecular complexity index is 614. The van der Waals surface area contributed by atoms with Gasteiger partial charge in [-0.25, -0.2) is 0 Å². The van der Waals surface area contributed by atoms with E-state index in [1.165, 1.54) is 56.3 Å². The summed E-state index contributed by atoms with van der Waals surface area (Å²) in [6.07, 6.45) is 12.0. The monoisotopic (exact) mass is 1590 g/mol. The smallest absolute Gasteiger partial charge is 0.0770 e. The van der Waals surface area contributed by atoms with Crippen molar-refractivity contribution in [3.8, 4) is 0 Å².